The molecule has 0 unspecified atom stereocenters. The first-order chi connectivity index (χ1) is 8.12. The third-order valence-electron chi connectivity index (χ3n) is 1.53. The van der Waals surface area contributed by atoms with E-state index in [1.807, 2.05) is 74.5 Å². The summed E-state index contributed by atoms with van der Waals surface area (Å²) in [6, 6.07) is 20.0. The molecule has 5 heteroatoms. The predicted molar refractivity (Wildman–Crippen MR) is 89.7 cm³/mol. The first-order valence-electron chi connectivity index (χ1n) is 5.09. The van der Waals surface area contributed by atoms with E-state index in [1.165, 1.54) is 21.6 Å². The second-order valence-corrected chi connectivity index (χ2v) is 7.20. The van der Waals surface area contributed by atoms with E-state index < -0.39 is 0 Å². The van der Waals surface area contributed by atoms with Gasteiger partial charge >= 0.3 is 21.7 Å². The summed E-state index contributed by atoms with van der Waals surface area (Å²) in [6.45, 7) is 4.09. The van der Waals surface area contributed by atoms with Crippen molar-refractivity contribution in [3.63, 3.8) is 0 Å². The summed E-state index contributed by atoms with van der Waals surface area (Å²) in [5, 5.41) is 0. The van der Waals surface area contributed by atoms with E-state index in [9.17, 15) is 0 Å². The molecule has 1 radical (unpaired) electrons. The quantitative estimate of drug-likeness (QED) is 0.195. The zero-order valence-electron chi connectivity index (χ0n) is 10.4. The van der Waals surface area contributed by atoms with Gasteiger partial charge in [0.25, 0.3) is 0 Å². The van der Waals surface area contributed by atoms with Crippen LogP contribution >= 0.6 is 33.2 Å². The molecule has 0 spiro atoms. The predicted octanol–water partition coefficient (Wildman–Crippen LogP) is 5.30. The van der Waals surface area contributed by atoms with Crippen LogP contribution in [0.3, 0.4) is 0 Å². The molecule has 0 saturated heterocycles. The van der Waals surface area contributed by atoms with Crippen LogP contribution in [0.2, 0.25) is 0 Å². The van der Waals surface area contributed by atoms with Crippen molar-refractivity contribution in [2.75, 3.05) is 0 Å². The number of rotatable bonds is 2. The molecule has 0 saturated carbocycles. The van der Waals surface area contributed by atoms with Crippen LogP contribution in [0.15, 0.2) is 60.7 Å². The van der Waals surface area contributed by atoms with Gasteiger partial charge in [-0.2, -0.15) is 36.4 Å². The molecule has 18 heavy (non-hydrogen) atoms. The first kappa shape index (κ1) is 21.1. The van der Waals surface area contributed by atoms with E-state index in [1.54, 1.807) is 0 Å². The van der Waals surface area contributed by atoms with Gasteiger partial charge in [-0.3, -0.25) is 0 Å². The fourth-order valence-corrected chi connectivity index (χ4v) is 1.87. The zero-order chi connectivity index (χ0) is 13.0. The maximum absolute atomic E-state index is 4.73. The van der Waals surface area contributed by atoms with Gasteiger partial charge in [-0.1, -0.05) is 10.8 Å². The van der Waals surface area contributed by atoms with Gasteiger partial charge in [0.2, 0.25) is 0 Å². The summed E-state index contributed by atoms with van der Waals surface area (Å²) in [7, 11) is 2.88. The molecule has 0 aliphatic carbocycles. The van der Waals surface area contributed by atoms with Gasteiger partial charge in [-0.05, 0) is 13.8 Å². The van der Waals surface area contributed by atoms with E-state index in [0.717, 1.165) is 0 Å². The Labute approximate surface area is 144 Å². The third kappa shape index (κ3) is 14.9. The molecule has 0 atom stereocenters. The van der Waals surface area contributed by atoms with Crippen LogP contribution in [-0.2, 0) is 33.4 Å². The Bertz CT molecular complexity index is 250. The topological polar surface area (TPSA) is 0 Å². The molecule has 0 fully saturated rings. The maximum Gasteiger partial charge on any atom is 3.00 e. The van der Waals surface area contributed by atoms with Gasteiger partial charge in [-0.15, -0.1) is 11.7 Å². The molecule has 0 bridgehead atoms. The van der Waals surface area contributed by atoms with Crippen molar-refractivity contribution < 1.29 is 21.7 Å². The standard InChI is InChI=1S/2C5H5.C3H8S4.Ti/c2*1-2-4-5-3-1;1-3(2,6-4)7-5;/h2*1-5H;4-5H,1-2H3;/q2*-1;;+3/p-1. The van der Waals surface area contributed by atoms with Crippen LogP contribution < -0.4 is 0 Å². The largest absolute Gasteiger partial charge is 3.00 e. The van der Waals surface area contributed by atoms with Crippen molar-refractivity contribution in [1.29, 1.82) is 0 Å². The van der Waals surface area contributed by atoms with Crippen molar-refractivity contribution in [1.82, 2.24) is 0 Å². The minimum Gasteiger partial charge on any atom is -0.718 e. The van der Waals surface area contributed by atoms with Gasteiger partial charge in [-0.25, -0.2) is 24.3 Å². The van der Waals surface area contributed by atoms with E-state index >= 15 is 0 Å². The zero-order valence-corrected chi connectivity index (χ0v) is 15.4. The molecular formula is C13H17S4Ti. The summed E-state index contributed by atoms with van der Waals surface area (Å²) in [4.78, 5) is 0. The van der Waals surface area contributed by atoms with Crippen molar-refractivity contribution in [3.8, 4) is 0 Å². The Balaban J connectivity index is 0. The molecule has 2 rings (SSSR count). The fraction of sp³-hybridized carbons (Fsp3) is 0.231. The molecule has 0 heterocycles. The molecule has 0 amide bonds. The second kappa shape index (κ2) is 14.2. The van der Waals surface area contributed by atoms with Crippen LogP contribution in [0, 0.1) is 0 Å². The normalized spacial score (nSPS) is 9.11. The van der Waals surface area contributed by atoms with Crippen LogP contribution in [0.1, 0.15) is 13.8 Å². The van der Waals surface area contributed by atoms with Gasteiger partial charge < -0.3 is 22.5 Å². The van der Waals surface area contributed by atoms with Crippen molar-refractivity contribution in [2.24, 2.45) is 0 Å². The van der Waals surface area contributed by atoms with Gasteiger partial charge in [0.05, 0.1) is 0 Å². The molecule has 0 aliphatic heterocycles. The molecular weight excluding hydrogens is 332 g/mol. The average molecular weight is 349 g/mol. The van der Waals surface area contributed by atoms with Crippen molar-refractivity contribution in [2.45, 2.75) is 17.9 Å². The Morgan fingerprint density at radius 2 is 1.28 bits per heavy atom. The fourth-order valence-electron chi connectivity index (χ4n) is 0.657. The van der Waals surface area contributed by atoms with E-state index in [4.69, 9.17) is 11.7 Å². The number of hydrogen-bond donors (Lipinski definition) is 1. The monoisotopic (exact) mass is 349 g/mol. The molecule has 0 N–H and O–H groups in total. The molecule has 2 aromatic carbocycles. The Hall–Kier alpha value is 0.814. The average Bonchev–Trinajstić information content (AvgIpc) is 3.06. The smallest absolute Gasteiger partial charge is 0.718 e. The molecule has 2 aromatic rings. The molecule has 0 aromatic heterocycles. The van der Waals surface area contributed by atoms with E-state index in [0.29, 0.717) is 0 Å². The van der Waals surface area contributed by atoms with Crippen molar-refractivity contribution >= 4 is 44.9 Å². The second-order valence-electron chi connectivity index (χ2n) is 3.50. The van der Waals surface area contributed by atoms with Crippen LogP contribution in [-0.4, -0.2) is 4.08 Å². The summed E-state index contributed by atoms with van der Waals surface area (Å²) < 4.78 is 0.0957. The van der Waals surface area contributed by atoms with E-state index in [-0.39, 0.29) is 25.8 Å². The minimum absolute atomic E-state index is 0. The maximum atomic E-state index is 4.73. The van der Waals surface area contributed by atoms with Gasteiger partial charge in [0.1, 0.15) is 0 Å². The Morgan fingerprint density at radius 3 is 1.33 bits per heavy atom. The van der Waals surface area contributed by atoms with Crippen molar-refractivity contribution in [3.05, 3.63) is 60.7 Å². The first-order valence-corrected chi connectivity index (χ1v) is 8.70. The van der Waals surface area contributed by atoms with Crippen LogP contribution in [0.5, 0.6) is 0 Å². The van der Waals surface area contributed by atoms with Gasteiger partial charge in [0, 0.05) is 4.08 Å². The summed E-state index contributed by atoms with van der Waals surface area (Å²) in [6.07, 6.45) is 0. The van der Waals surface area contributed by atoms with E-state index in [2.05, 4.69) is 11.7 Å². The SMILES string of the molecule is CC(C)(S[S-])SS.[Ti+3].c1cc[cH-]c1.c1cc[cH-]c1. The molecule has 0 nitrogen and oxygen atoms in total. The molecule has 0 aliphatic rings. The summed E-state index contributed by atoms with van der Waals surface area (Å²) in [5.74, 6) is 0. The summed E-state index contributed by atoms with van der Waals surface area (Å²) in [5.41, 5.74) is 0. The number of hydrogen-bond acceptors (Lipinski definition) is 4. The third-order valence-corrected chi connectivity index (χ3v) is 6.18. The minimum atomic E-state index is 0. The molecule has 97 valence electrons. The van der Waals surface area contributed by atoms with Crippen LogP contribution in [0.25, 0.3) is 0 Å². The Morgan fingerprint density at radius 1 is 0.944 bits per heavy atom. The van der Waals surface area contributed by atoms with Crippen LogP contribution in [0.4, 0.5) is 0 Å². The summed E-state index contributed by atoms with van der Waals surface area (Å²) >= 11 is 8.74. The Kier molecular flexibility index (Phi) is 16.7. The van der Waals surface area contributed by atoms with Gasteiger partial charge in [0.15, 0.2) is 0 Å². The number of thiol groups is 1.